The first-order chi connectivity index (χ1) is 5.96. The summed E-state index contributed by atoms with van der Waals surface area (Å²) >= 11 is 0.989. The summed E-state index contributed by atoms with van der Waals surface area (Å²) in [6.45, 7) is 3.35. The second-order valence-electron chi connectivity index (χ2n) is 2.50. The van der Waals surface area contributed by atoms with Crippen molar-refractivity contribution < 1.29 is 13.2 Å². The van der Waals surface area contributed by atoms with Crippen molar-refractivity contribution in [3.05, 3.63) is 34.5 Å². The second-order valence-corrected chi connectivity index (χ2v) is 3.24. The van der Waals surface area contributed by atoms with Gasteiger partial charge in [0.1, 0.15) is 0 Å². The van der Waals surface area contributed by atoms with Crippen molar-refractivity contribution in [3.8, 4) is 0 Å². The van der Waals surface area contributed by atoms with Crippen LogP contribution in [0.3, 0.4) is 0 Å². The van der Waals surface area contributed by atoms with Gasteiger partial charge in [0.25, 0.3) is 0 Å². The lowest BCUT2D eigenvalue weighted by Crippen LogP contribution is -2.13. The molecule has 0 aliphatic heterocycles. The van der Waals surface area contributed by atoms with E-state index in [2.05, 4.69) is 6.58 Å². The first-order valence-corrected chi connectivity index (χ1v) is 4.42. The number of hydrogen-bond acceptors (Lipinski definition) is 2. The van der Waals surface area contributed by atoms with Crippen molar-refractivity contribution in [1.82, 2.24) is 0 Å². The molecule has 0 saturated heterocycles. The number of thiophene rings is 1. The van der Waals surface area contributed by atoms with Gasteiger partial charge in [-0.3, -0.25) is 0 Å². The molecule has 2 N–H and O–H groups in total. The van der Waals surface area contributed by atoms with Crippen LogP contribution in [0.4, 0.5) is 13.2 Å². The van der Waals surface area contributed by atoms with Gasteiger partial charge in [-0.25, -0.2) is 0 Å². The molecule has 0 saturated carbocycles. The van der Waals surface area contributed by atoms with E-state index < -0.39 is 17.8 Å². The molecular formula is C8H8F3NS. The van der Waals surface area contributed by atoms with E-state index in [-0.39, 0.29) is 5.56 Å². The summed E-state index contributed by atoms with van der Waals surface area (Å²) in [5.41, 5.74) is 4.85. The average Bonchev–Trinajstić information content (AvgIpc) is 2.49. The Bertz CT molecular complexity index is 303. The van der Waals surface area contributed by atoms with Crippen molar-refractivity contribution in [2.45, 2.75) is 12.2 Å². The van der Waals surface area contributed by atoms with Gasteiger partial charge in [0, 0.05) is 11.4 Å². The third-order valence-electron chi connectivity index (χ3n) is 1.61. The third-order valence-corrected chi connectivity index (χ3v) is 2.37. The Morgan fingerprint density at radius 3 is 2.54 bits per heavy atom. The summed E-state index contributed by atoms with van der Waals surface area (Å²) in [4.78, 5) is 0. The summed E-state index contributed by atoms with van der Waals surface area (Å²) in [5.74, 6) is 0. The van der Waals surface area contributed by atoms with Crippen LogP contribution in [0, 0.1) is 0 Å². The number of rotatable bonds is 2. The molecule has 1 atom stereocenters. The average molecular weight is 207 g/mol. The molecule has 1 aromatic rings. The molecule has 1 nitrogen and oxygen atoms in total. The van der Waals surface area contributed by atoms with Gasteiger partial charge in [0.2, 0.25) is 0 Å². The summed E-state index contributed by atoms with van der Waals surface area (Å²) in [6, 6.07) is -0.747. The van der Waals surface area contributed by atoms with E-state index in [0.29, 0.717) is 0 Å². The largest absolute Gasteiger partial charge is 0.417 e. The Kier molecular flexibility index (Phi) is 2.77. The van der Waals surface area contributed by atoms with Crippen LogP contribution in [-0.2, 0) is 6.18 Å². The Labute approximate surface area is 77.7 Å². The summed E-state index contributed by atoms with van der Waals surface area (Å²) in [7, 11) is 0. The molecule has 0 radical (unpaired) electrons. The quantitative estimate of drug-likeness (QED) is 0.741. The lowest BCUT2D eigenvalue weighted by molar-refractivity contribution is -0.137. The Hall–Kier alpha value is -0.810. The maximum atomic E-state index is 12.3. The maximum absolute atomic E-state index is 12.3. The van der Waals surface area contributed by atoms with Gasteiger partial charge >= 0.3 is 6.18 Å². The second kappa shape index (κ2) is 3.51. The fourth-order valence-corrected chi connectivity index (χ4v) is 1.83. The molecule has 0 aliphatic carbocycles. The van der Waals surface area contributed by atoms with Crippen LogP contribution in [-0.4, -0.2) is 0 Å². The standard InChI is InChI=1S/C8H8F3NS/c1-2-7(12)5-3-13-4-6(5)8(9,10)11/h2-4,7H,1,12H2/t7-/m0/s1. The Morgan fingerprint density at radius 1 is 1.46 bits per heavy atom. The molecule has 0 spiro atoms. The first-order valence-electron chi connectivity index (χ1n) is 3.48. The zero-order valence-electron chi connectivity index (χ0n) is 6.64. The normalized spacial score (nSPS) is 14.2. The topological polar surface area (TPSA) is 26.0 Å². The number of halogens is 3. The third kappa shape index (κ3) is 2.10. The summed E-state index contributed by atoms with van der Waals surface area (Å²) in [6.07, 6.45) is -3.03. The molecule has 0 unspecified atom stereocenters. The van der Waals surface area contributed by atoms with E-state index in [1.807, 2.05) is 0 Å². The maximum Gasteiger partial charge on any atom is 0.417 e. The Balaban J connectivity index is 3.10. The summed E-state index contributed by atoms with van der Waals surface area (Å²) < 4.78 is 36.9. The van der Waals surface area contributed by atoms with E-state index >= 15 is 0 Å². The van der Waals surface area contributed by atoms with E-state index in [4.69, 9.17) is 5.73 Å². The van der Waals surface area contributed by atoms with Crippen molar-refractivity contribution in [1.29, 1.82) is 0 Å². The van der Waals surface area contributed by atoms with Gasteiger partial charge in [-0.15, -0.1) is 6.58 Å². The van der Waals surface area contributed by atoms with Crippen molar-refractivity contribution in [3.63, 3.8) is 0 Å². The monoisotopic (exact) mass is 207 g/mol. The molecule has 0 aliphatic rings. The molecule has 0 aromatic carbocycles. The zero-order valence-corrected chi connectivity index (χ0v) is 7.45. The fourth-order valence-electron chi connectivity index (χ4n) is 0.922. The zero-order chi connectivity index (χ0) is 10.1. The van der Waals surface area contributed by atoms with Gasteiger partial charge < -0.3 is 5.73 Å². The SMILES string of the molecule is C=C[C@H](N)c1cscc1C(F)(F)F. The highest BCUT2D eigenvalue weighted by Gasteiger charge is 2.34. The number of nitrogens with two attached hydrogens (primary N) is 1. The van der Waals surface area contributed by atoms with Crippen LogP contribution in [0.15, 0.2) is 23.4 Å². The number of hydrogen-bond donors (Lipinski definition) is 1. The molecule has 13 heavy (non-hydrogen) atoms. The van der Waals surface area contributed by atoms with Gasteiger partial charge in [-0.05, 0) is 10.9 Å². The van der Waals surface area contributed by atoms with Crippen molar-refractivity contribution in [2.24, 2.45) is 5.73 Å². The lowest BCUT2D eigenvalue weighted by atomic mass is 10.1. The minimum Gasteiger partial charge on any atom is -0.321 e. The van der Waals surface area contributed by atoms with E-state index in [0.717, 1.165) is 16.7 Å². The molecule has 1 aromatic heterocycles. The molecule has 72 valence electrons. The highest BCUT2D eigenvalue weighted by atomic mass is 32.1. The highest BCUT2D eigenvalue weighted by molar-refractivity contribution is 7.08. The van der Waals surface area contributed by atoms with Gasteiger partial charge in [0.15, 0.2) is 0 Å². The van der Waals surface area contributed by atoms with E-state index in [9.17, 15) is 13.2 Å². The molecule has 0 bridgehead atoms. The van der Waals surface area contributed by atoms with Crippen LogP contribution in [0.5, 0.6) is 0 Å². The van der Waals surface area contributed by atoms with E-state index in [1.54, 1.807) is 0 Å². The van der Waals surface area contributed by atoms with Crippen LogP contribution >= 0.6 is 11.3 Å². The molecule has 1 rings (SSSR count). The van der Waals surface area contributed by atoms with Crippen molar-refractivity contribution in [2.75, 3.05) is 0 Å². The smallest absolute Gasteiger partial charge is 0.321 e. The molecule has 0 amide bonds. The first kappa shape index (κ1) is 10.3. The lowest BCUT2D eigenvalue weighted by Gasteiger charge is -2.10. The van der Waals surface area contributed by atoms with Gasteiger partial charge in [0.05, 0.1) is 5.56 Å². The van der Waals surface area contributed by atoms with Crippen LogP contribution in [0.2, 0.25) is 0 Å². The molecule has 0 fully saturated rings. The number of alkyl halides is 3. The van der Waals surface area contributed by atoms with E-state index in [1.165, 1.54) is 11.5 Å². The van der Waals surface area contributed by atoms with Crippen LogP contribution < -0.4 is 5.73 Å². The van der Waals surface area contributed by atoms with Crippen LogP contribution in [0.1, 0.15) is 17.2 Å². The van der Waals surface area contributed by atoms with Crippen molar-refractivity contribution >= 4 is 11.3 Å². The minimum absolute atomic E-state index is 0.0903. The van der Waals surface area contributed by atoms with Gasteiger partial charge in [-0.1, -0.05) is 6.08 Å². The predicted octanol–water partition coefficient (Wildman–Crippen LogP) is 2.95. The molecule has 5 heteroatoms. The Morgan fingerprint density at radius 2 is 2.08 bits per heavy atom. The summed E-state index contributed by atoms with van der Waals surface area (Å²) in [5, 5.41) is 2.45. The molecular weight excluding hydrogens is 199 g/mol. The minimum atomic E-state index is -4.32. The molecule has 1 heterocycles. The highest BCUT2D eigenvalue weighted by Crippen LogP contribution is 2.36. The van der Waals surface area contributed by atoms with Gasteiger partial charge in [-0.2, -0.15) is 24.5 Å². The van der Waals surface area contributed by atoms with Crippen LogP contribution in [0.25, 0.3) is 0 Å². The predicted molar refractivity (Wildman–Crippen MR) is 46.4 cm³/mol. The fraction of sp³-hybridized carbons (Fsp3) is 0.250.